The van der Waals surface area contributed by atoms with E-state index < -0.39 is 5.76 Å². The van der Waals surface area contributed by atoms with Gasteiger partial charge in [0.25, 0.3) is 5.89 Å². The number of rotatable bonds is 3. The van der Waals surface area contributed by atoms with Crippen molar-refractivity contribution in [3.05, 3.63) is 58.9 Å². The van der Waals surface area contributed by atoms with Gasteiger partial charge in [0.2, 0.25) is 0 Å². The largest absolute Gasteiger partial charge is 0.484 e. The van der Waals surface area contributed by atoms with Crippen LogP contribution in [0.5, 0.6) is 5.75 Å². The number of nitrogens with one attached hydrogen (secondary N) is 1. The second kappa shape index (κ2) is 4.37. The van der Waals surface area contributed by atoms with E-state index in [4.69, 9.17) is 9.15 Å². The Labute approximate surface area is 102 Å². The molecule has 2 aromatic carbocycles. The van der Waals surface area contributed by atoms with Gasteiger partial charge in [0.1, 0.15) is 5.75 Å². The Kier molecular flexibility index (Phi) is 2.57. The SMILES string of the molecule is O=c1[nH]nc(COc2ccc3ccccc3c2)o1. The van der Waals surface area contributed by atoms with Crippen LogP contribution in [0.2, 0.25) is 0 Å². The first-order valence-electron chi connectivity index (χ1n) is 5.47. The van der Waals surface area contributed by atoms with E-state index in [9.17, 15) is 4.79 Å². The van der Waals surface area contributed by atoms with Crippen molar-refractivity contribution >= 4 is 10.8 Å². The van der Waals surface area contributed by atoms with Crippen LogP contribution < -0.4 is 10.5 Å². The number of fused-ring (bicyclic) bond motifs is 1. The Hall–Kier alpha value is -2.56. The maximum absolute atomic E-state index is 10.7. The molecule has 0 unspecified atom stereocenters. The molecule has 0 aliphatic heterocycles. The molecule has 0 radical (unpaired) electrons. The van der Waals surface area contributed by atoms with Gasteiger partial charge in [-0.3, -0.25) is 0 Å². The van der Waals surface area contributed by atoms with Crippen molar-refractivity contribution in [2.45, 2.75) is 6.61 Å². The minimum absolute atomic E-state index is 0.122. The quantitative estimate of drug-likeness (QED) is 0.763. The Bertz CT molecular complexity index is 730. The molecule has 1 N–H and O–H groups in total. The van der Waals surface area contributed by atoms with Crippen molar-refractivity contribution in [3.63, 3.8) is 0 Å². The van der Waals surface area contributed by atoms with Crippen molar-refractivity contribution in [2.75, 3.05) is 0 Å². The van der Waals surface area contributed by atoms with E-state index in [1.54, 1.807) is 0 Å². The van der Waals surface area contributed by atoms with E-state index in [1.165, 1.54) is 0 Å². The van der Waals surface area contributed by atoms with Gasteiger partial charge in [-0.25, -0.2) is 9.89 Å². The van der Waals surface area contributed by atoms with Crippen LogP contribution in [-0.4, -0.2) is 10.2 Å². The minimum Gasteiger partial charge on any atom is -0.484 e. The van der Waals surface area contributed by atoms with Gasteiger partial charge < -0.3 is 9.15 Å². The summed E-state index contributed by atoms with van der Waals surface area (Å²) in [5.41, 5.74) is 0. The summed E-state index contributed by atoms with van der Waals surface area (Å²) in [4.78, 5) is 10.7. The third-order valence-electron chi connectivity index (χ3n) is 2.57. The molecule has 90 valence electrons. The fourth-order valence-electron chi connectivity index (χ4n) is 1.72. The van der Waals surface area contributed by atoms with E-state index in [0.29, 0.717) is 5.75 Å². The first-order chi connectivity index (χ1) is 8.81. The normalized spacial score (nSPS) is 10.7. The molecule has 5 nitrogen and oxygen atoms in total. The zero-order chi connectivity index (χ0) is 12.4. The standard InChI is InChI=1S/C13H10N2O3/c16-13-15-14-12(18-13)8-17-11-6-5-9-3-1-2-4-10(9)7-11/h1-7H,8H2,(H,15,16). The first kappa shape index (κ1) is 10.6. The van der Waals surface area contributed by atoms with Crippen molar-refractivity contribution in [1.82, 2.24) is 10.2 Å². The summed E-state index contributed by atoms with van der Waals surface area (Å²) in [6.07, 6.45) is 0. The number of aromatic amines is 1. The van der Waals surface area contributed by atoms with Crippen molar-refractivity contribution < 1.29 is 9.15 Å². The van der Waals surface area contributed by atoms with Crippen LogP contribution in [0.15, 0.2) is 51.7 Å². The highest BCUT2D eigenvalue weighted by Gasteiger charge is 2.02. The zero-order valence-corrected chi connectivity index (χ0v) is 9.42. The van der Waals surface area contributed by atoms with Crippen LogP contribution in [-0.2, 0) is 6.61 Å². The molecule has 5 heteroatoms. The maximum atomic E-state index is 10.7. The molecule has 1 heterocycles. The van der Waals surface area contributed by atoms with Gasteiger partial charge in [-0.05, 0) is 22.9 Å². The lowest BCUT2D eigenvalue weighted by atomic mass is 10.1. The summed E-state index contributed by atoms with van der Waals surface area (Å²) in [7, 11) is 0. The monoisotopic (exact) mass is 242 g/mol. The first-order valence-corrected chi connectivity index (χ1v) is 5.47. The lowest BCUT2D eigenvalue weighted by molar-refractivity contribution is 0.259. The van der Waals surface area contributed by atoms with Crippen molar-refractivity contribution in [1.29, 1.82) is 0 Å². The molecular formula is C13H10N2O3. The molecule has 0 saturated carbocycles. The molecule has 3 aromatic rings. The predicted octanol–water partition coefficient (Wildman–Crippen LogP) is 2.10. The number of aromatic nitrogens is 2. The molecule has 0 aliphatic carbocycles. The number of nitrogens with zero attached hydrogens (tertiary/aromatic N) is 1. The molecule has 18 heavy (non-hydrogen) atoms. The number of H-pyrrole nitrogens is 1. The molecule has 0 aliphatic rings. The van der Waals surface area contributed by atoms with Crippen LogP contribution in [0, 0.1) is 0 Å². The molecule has 0 atom stereocenters. The minimum atomic E-state index is -0.577. The zero-order valence-electron chi connectivity index (χ0n) is 9.42. The Morgan fingerprint density at radius 3 is 2.78 bits per heavy atom. The second-order valence-corrected chi connectivity index (χ2v) is 3.80. The van der Waals surface area contributed by atoms with Crippen LogP contribution >= 0.6 is 0 Å². The van der Waals surface area contributed by atoms with Gasteiger partial charge in [0.05, 0.1) is 0 Å². The van der Waals surface area contributed by atoms with Gasteiger partial charge >= 0.3 is 5.76 Å². The molecule has 0 saturated heterocycles. The number of hydrogen-bond acceptors (Lipinski definition) is 4. The van der Waals surface area contributed by atoms with Crippen molar-refractivity contribution in [2.24, 2.45) is 0 Å². The fraction of sp³-hybridized carbons (Fsp3) is 0.0769. The van der Waals surface area contributed by atoms with Crippen LogP contribution in [0.4, 0.5) is 0 Å². The molecule has 3 rings (SSSR count). The Morgan fingerprint density at radius 1 is 1.17 bits per heavy atom. The smallest absolute Gasteiger partial charge is 0.434 e. The summed E-state index contributed by atoms with van der Waals surface area (Å²) in [5, 5.41) is 8.09. The van der Waals surface area contributed by atoms with E-state index in [-0.39, 0.29) is 12.5 Å². The maximum Gasteiger partial charge on any atom is 0.434 e. The topological polar surface area (TPSA) is 68.1 Å². The average Bonchev–Trinajstić information content (AvgIpc) is 2.82. The molecule has 0 fully saturated rings. The van der Waals surface area contributed by atoms with E-state index >= 15 is 0 Å². The van der Waals surface area contributed by atoms with Crippen LogP contribution in [0.3, 0.4) is 0 Å². The van der Waals surface area contributed by atoms with Gasteiger partial charge in [0.15, 0.2) is 6.61 Å². The van der Waals surface area contributed by atoms with E-state index in [0.717, 1.165) is 10.8 Å². The van der Waals surface area contributed by atoms with E-state index in [2.05, 4.69) is 10.2 Å². The van der Waals surface area contributed by atoms with Crippen LogP contribution in [0.1, 0.15) is 5.89 Å². The molecule has 0 spiro atoms. The molecule has 0 amide bonds. The Morgan fingerprint density at radius 2 is 2.00 bits per heavy atom. The molecule has 0 bridgehead atoms. The van der Waals surface area contributed by atoms with E-state index in [1.807, 2.05) is 42.5 Å². The number of benzene rings is 2. The summed E-state index contributed by atoms with van der Waals surface area (Å²) >= 11 is 0. The highest BCUT2D eigenvalue weighted by Crippen LogP contribution is 2.20. The fourth-order valence-corrected chi connectivity index (χ4v) is 1.72. The molecule has 1 aromatic heterocycles. The molecular weight excluding hydrogens is 232 g/mol. The highest BCUT2D eigenvalue weighted by atomic mass is 16.5. The van der Waals surface area contributed by atoms with Crippen LogP contribution in [0.25, 0.3) is 10.8 Å². The average molecular weight is 242 g/mol. The van der Waals surface area contributed by atoms with Gasteiger partial charge in [-0.15, -0.1) is 5.10 Å². The van der Waals surface area contributed by atoms with Gasteiger partial charge in [-0.2, -0.15) is 0 Å². The number of hydrogen-bond donors (Lipinski definition) is 1. The summed E-state index contributed by atoms with van der Waals surface area (Å²) in [5.74, 6) is 0.361. The van der Waals surface area contributed by atoms with Crippen molar-refractivity contribution in [3.8, 4) is 5.75 Å². The third-order valence-corrected chi connectivity index (χ3v) is 2.57. The summed E-state index contributed by atoms with van der Waals surface area (Å²) in [6.45, 7) is 0.122. The summed E-state index contributed by atoms with van der Waals surface area (Å²) in [6, 6.07) is 13.8. The lowest BCUT2D eigenvalue weighted by Crippen LogP contribution is -1.96. The lowest BCUT2D eigenvalue weighted by Gasteiger charge is -2.04. The third kappa shape index (κ3) is 2.10. The van der Waals surface area contributed by atoms with Gasteiger partial charge in [-0.1, -0.05) is 30.3 Å². The Balaban J connectivity index is 1.80. The predicted molar refractivity (Wildman–Crippen MR) is 65.4 cm³/mol. The second-order valence-electron chi connectivity index (χ2n) is 3.80. The summed E-state index contributed by atoms with van der Waals surface area (Å²) < 4.78 is 10.2. The van der Waals surface area contributed by atoms with Gasteiger partial charge in [0, 0.05) is 0 Å². The number of ether oxygens (including phenoxy) is 1. The highest BCUT2D eigenvalue weighted by molar-refractivity contribution is 5.83.